The SMILES string of the molecule is CC(CC1CC(C)(C)Oc2c1c(=O)n(C)c1ccccc21)=C1Cc2c(n(C)c3ccccc3c2=O)O1. The number of rotatable bonds is 2. The number of aryl methyl sites for hydroxylation is 2. The zero-order valence-corrected chi connectivity index (χ0v) is 21.3. The average Bonchev–Trinajstić information content (AvgIpc) is 3.31. The molecular formula is C30H30N2O4. The highest BCUT2D eigenvalue weighted by Crippen LogP contribution is 2.46. The Morgan fingerprint density at radius 3 is 2.33 bits per heavy atom. The van der Waals surface area contributed by atoms with Crippen LogP contribution >= 0.6 is 0 Å². The zero-order chi connectivity index (χ0) is 25.4. The number of pyridine rings is 2. The Labute approximate surface area is 209 Å². The summed E-state index contributed by atoms with van der Waals surface area (Å²) in [4.78, 5) is 26.8. The summed E-state index contributed by atoms with van der Waals surface area (Å²) in [5.41, 5.74) is 3.80. The van der Waals surface area contributed by atoms with Crippen LogP contribution < -0.4 is 20.5 Å². The maximum Gasteiger partial charge on any atom is 0.258 e. The summed E-state index contributed by atoms with van der Waals surface area (Å²) >= 11 is 0. The molecule has 4 aromatic rings. The fourth-order valence-corrected chi connectivity index (χ4v) is 6.00. The van der Waals surface area contributed by atoms with Crippen molar-refractivity contribution in [2.75, 3.05) is 0 Å². The van der Waals surface area contributed by atoms with Gasteiger partial charge >= 0.3 is 0 Å². The summed E-state index contributed by atoms with van der Waals surface area (Å²) in [7, 11) is 3.76. The minimum Gasteiger partial charge on any atom is -0.487 e. The van der Waals surface area contributed by atoms with E-state index >= 15 is 0 Å². The lowest BCUT2D eigenvalue weighted by molar-refractivity contribution is 0.0729. The Hall–Kier alpha value is -3.80. The number of hydrogen-bond acceptors (Lipinski definition) is 4. The molecule has 0 spiro atoms. The molecule has 6 nitrogen and oxygen atoms in total. The standard InChI is InChI=1S/C30H30N2O4/c1-17(24-15-21-26(33)19-10-6-8-12-22(19)32(5)29(21)35-24)14-18-16-30(2,3)36-27-20-11-7-9-13-23(20)31(4)28(34)25(18)27/h6-13,18H,14-16H2,1-5H3. The molecule has 1 unspecified atom stereocenters. The molecule has 2 aromatic carbocycles. The maximum absolute atomic E-state index is 13.5. The first-order valence-electron chi connectivity index (χ1n) is 12.4. The number of para-hydroxylation sites is 2. The van der Waals surface area contributed by atoms with E-state index < -0.39 is 5.60 Å². The molecule has 0 aliphatic carbocycles. The van der Waals surface area contributed by atoms with Crippen LogP contribution in [0.4, 0.5) is 0 Å². The van der Waals surface area contributed by atoms with Gasteiger partial charge in [0.15, 0.2) is 5.43 Å². The van der Waals surface area contributed by atoms with E-state index in [0.29, 0.717) is 35.4 Å². The largest absolute Gasteiger partial charge is 0.487 e. The first-order chi connectivity index (χ1) is 17.2. The first kappa shape index (κ1) is 22.7. The molecule has 2 aromatic heterocycles. The van der Waals surface area contributed by atoms with Gasteiger partial charge in [0.25, 0.3) is 5.56 Å². The van der Waals surface area contributed by atoms with Crippen LogP contribution in [0, 0.1) is 0 Å². The summed E-state index contributed by atoms with van der Waals surface area (Å²) in [6.45, 7) is 6.21. The van der Waals surface area contributed by atoms with Crippen molar-refractivity contribution in [1.29, 1.82) is 0 Å². The Morgan fingerprint density at radius 2 is 1.61 bits per heavy atom. The fraction of sp³-hybridized carbons (Fsp3) is 0.333. The van der Waals surface area contributed by atoms with E-state index in [1.54, 1.807) is 4.57 Å². The van der Waals surface area contributed by atoms with Gasteiger partial charge in [-0.25, -0.2) is 0 Å². The van der Waals surface area contributed by atoms with Crippen molar-refractivity contribution in [3.8, 4) is 11.6 Å². The van der Waals surface area contributed by atoms with Gasteiger partial charge in [-0.15, -0.1) is 0 Å². The van der Waals surface area contributed by atoms with Gasteiger partial charge in [-0.3, -0.25) is 9.59 Å². The van der Waals surface area contributed by atoms with E-state index in [4.69, 9.17) is 9.47 Å². The van der Waals surface area contributed by atoms with Crippen molar-refractivity contribution < 1.29 is 9.47 Å². The summed E-state index contributed by atoms with van der Waals surface area (Å²) in [5, 5.41) is 1.66. The molecule has 0 radical (unpaired) electrons. The van der Waals surface area contributed by atoms with E-state index in [1.165, 1.54) is 0 Å². The van der Waals surface area contributed by atoms with Crippen LogP contribution in [0.25, 0.3) is 21.8 Å². The van der Waals surface area contributed by atoms with Crippen LogP contribution in [-0.4, -0.2) is 14.7 Å². The van der Waals surface area contributed by atoms with Crippen LogP contribution in [-0.2, 0) is 20.5 Å². The topological polar surface area (TPSA) is 62.5 Å². The Balaban J connectivity index is 1.44. The van der Waals surface area contributed by atoms with Crippen molar-refractivity contribution in [2.45, 2.75) is 51.6 Å². The van der Waals surface area contributed by atoms with Gasteiger partial charge in [-0.05, 0) is 63.5 Å². The quantitative estimate of drug-likeness (QED) is 0.387. The molecule has 2 aliphatic rings. The predicted octanol–water partition coefficient (Wildman–Crippen LogP) is 5.33. The summed E-state index contributed by atoms with van der Waals surface area (Å²) in [6.07, 6.45) is 1.84. The number of allylic oxidation sites excluding steroid dienone is 2. The molecule has 0 saturated heterocycles. The normalized spacial score (nSPS) is 19.5. The third-order valence-corrected chi connectivity index (χ3v) is 7.75. The highest BCUT2D eigenvalue weighted by atomic mass is 16.5. The minimum absolute atomic E-state index is 0.0166. The first-order valence-corrected chi connectivity index (χ1v) is 12.4. The Kier molecular flexibility index (Phi) is 4.94. The van der Waals surface area contributed by atoms with Crippen LogP contribution in [0.5, 0.6) is 11.6 Å². The third kappa shape index (κ3) is 3.31. The molecule has 2 aliphatic heterocycles. The fourth-order valence-electron chi connectivity index (χ4n) is 6.00. The lowest BCUT2D eigenvalue weighted by atomic mass is 9.80. The van der Waals surface area contributed by atoms with Crippen molar-refractivity contribution in [3.05, 3.63) is 91.6 Å². The van der Waals surface area contributed by atoms with E-state index in [1.807, 2.05) is 67.2 Å². The average molecular weight is 483 g/mol. The molecule has 4 heterocycles. The molecule has 6 heteroatoms. The van der Waals surface area contributed by atoms with Crippen molar-refractivity contribution >= 4 is 21.8 Å². The van der Waals surface area contributed by atoms with Crippen LogP contribution in [0.2, 0.25) is 0 Å². The van der Waals surface area contributed by atoms with Gasteiger partial charge in [0.2, 0.25) is 5.88 Å². The minimum atomic E-state index is -0.413. The number of benzene rings is 2. The van der Waals surface area contributed by atoms with Crippen molar-refractivity contribution in [3.63, 3.8) is 0 Å². The van der Waals surface area contributed by atoms with E-state index in [0.717, 1.165) is 39.7 Å². The zero-order valence-electron chi connectivity index (χ0n) is 21.3. The van der Waals surface area contributed by atoms with Gasteiger partial charge in [0.05, 0.1) is 22.2 Å². The second-order valence-corrected chi connectivity index (χ2v) is 10.8. The number of fused-ring (bicyclic) bond motifs is 5. The highest BCUT2D eigenvalue weighted by molar-refractivity contribution is 5.87. The Morgan fingerprint density at radius 1 is 0.972 bits per heavy atom. The summed E-state index contributed by atoms with van der Waals surface area (Å²) in [5.74, 6) is 2.09. The molecule has 0 amide bonds. The van der Waals surface area contributed by atoms with Crippen LogP contribution in [0.3, 0.4) is 0 Å². The van der Waals surface area contributed by atoms with E-state index in [2.05, 4.69) is 20.8 Å². The molecule has 0 fully saturated rings. The molecule has 1 atom stereocenters. The van der Waals surface area contributed by atoms with Crippen molar-refractivity contribution in [1.82, 2.24) is 9.13 Å². The number of hydrogen-bond donors (Lipinski definition) is 0. The molecular weight excluding hydrogens is 452 g/mol. The molecule has 0 N–H and O–H groups in total. The lowest BCUT2D eigenvalue weighted by Crippen LogP contribution is -2.39. The summed E-state index contributed by atoms with van der Waals surface area (Å²) < 4.78 is 16.4. The van der Waals surface area contributed by atoms with Crippen LogP contribution in [0.15, 0.2) is 69.5 Å². The van der Waals surface area contributed by atoms with Crippen molar-refractivity contribution in [2.24, 2.45) is 14.1 Å². The summed E-state index contributed by atoms with van der Waals surface area (Å²) in [6, 6.07) is 15.5. The van der Waals surface area contributed by atoms with E-state index in [9.17, 15) is 9.59 Å². The van der Waals surface area contributed by atoms with Gasteiger partial charge in [0, 0.05) is 37.2 Å². The Bertz CT molecular complexity index is 1720. The monoisotopic (exact) mass is 482 g/mol. The molecule has 0 bridgehead atoms. The van der Waals surface area contributed by atoms with E-state index in [-0.39, 0.29) is 16.9 Å². The number of nitrogens with zero attached hydrogens (tertiary/aromatic N) is 2. The number of aromatic nitrogens is 2. The van der Waals surface area contributed by atoms with Gasteiger partial charge < -0.3 is 18.6 Å². The molecule has 6 rings (SSSR count). The predicted molar refractivity (Wildman–Crippen MR) is 142 cm³/mol. The second kappa shape index (κ2) is 7.85. The van der Waals surface area contributed by atoms with Gasteiger partial charge in [-0.2, -0.15) is 0 Å². The lowest BCUT2D eigenvalue weighted by Gasteiger charge is -2.38. The highest BCUT2D eigenvalue weighted by Gasteiger charge is 2.38. The molecule has 184 valence electrons. The second-order valence-electron chi connectivity index (χ2n) is 10.8. The smallest absolute Gasteiger partial charge is 0.258 e. The maximum atomic E-state index is 13.5. The van der Waals surface area contributed by atoms with Gasteiger partial charge in [-0.1, -0.05) is 24.3 Å². The molecule has 0 saturated carbocycles. The molecule has 36 heavy (non-hydrogen) atoms. The third-order valence-electron chi connectivity index (χ3n) is 7.75. The van der Waals surface area contributed by atoms with Crippen LogP contribution in [0.1, 0.15) is 50.7 Å². The van der Waals surface area contributed by atoms with Gasteiger partial charge in [0.1, 0.15) is 17.1 Å². The number of ether oxygens (including phenoxy) is 2.